The summed E-state index contributed by atoms with van der Waals surface area (Å²) in [7, 11) is 0. The summed E-state index contributed by atoms with van der Waals surface area (Å²) in [6.45, 7) is 0. The van der Waals surface area contributed by atoms with Gasteiger partial charge in [-0.05, 0) is 36.8 Å². The Balaban J connectivity index is 1.56. The van der Waals surface area contributed by atoms with Crippen molar-refractivity contribution in [1.29, 1.82) is 0 Å². The van der Waals surface area contributed by atoms with E-state index >= 15 is 0 Å². The topological polar surface area (TPSA) is 110 Å². The van der Waals surface area contributed by atoms with Crippen LogP contribution in [0.5, 0.6) is 0 Å². The molecule has 9 heteroatoms. The van der Waals surface area contributed by atoms with Crippen molar-refractivity contribution >= 4 is 40.9 Å². The van der Waals surface area contributed by atoms with E-state index in [1.165, 1.54) is 0 Å². The molecule has 2 heterocycles. The Morgan fingerprint density at radius 1 is 1.31 bits per heavy atom. The number of carbonyl (C=O) groups is 2. The van der Waals surface area contributed by atoms with Crippen LogP contribution in [-0.4, -0.2) is 38.7 Å². The number of hydrogen-bond acceptors (Lipinski definition) is 7. The Morgan fingerprint density at radius 2 is 2.17 bits per heavy atom. The number of carbonyl (C=O) groups excluding carboxylic acids is 2. The van der Waals surface area contributed by atoms with Crippen LogP contribution in [0.3, 0.4) is 0 Å². The predicted octanol–water partition coefficient (Wildman–Crippen LogP) is 2.58. The number of aromatic nitrogens is 2. The fourth-order valence-electron chi connectivity index (χ4n) is 4.95. The van der Waals surface area contributed by atoms with E-state index in [9.17, 15) is 14.0 Å². The van der Waals surface area contributed by atoms with Crippen molar-refractivity contribution in [1.82, 2.24) is 9.97 Å². The summed E-state index contributed by atoms with van der Waals surface area (Å²) in [5, 5.41) is 6.38. The molecule has 2 saturated carbocycles. The summed E-state index contributed by atoms with van der Waals surface area (Å²) in [5.41, 5.74) is 6.93. The first-order chi connectivity index (χ1) is 14.0. The van der Waals surface area contributed by atoms with Gasteiger partial charge >= 0.3 is 0 Å². The van der Waals surface area contributed by atoms with Crippen LogP contribution in [0.4, 0.5) is 21.8 Å². The average Bonchev–Trinajstić information content (AvgIpc) is 3.26. The summed E-state index contributed by atoms with van der Waals surface area (Å²) in [6.07, 6.45) is 2.77. The Morgan fingerprint density at radius 3 is 3.00 bits per heavy atom. The summed E-state index contributed by atoms with van der Waals surface area (Å²) in [6, 6.07) is 6.81. The molecule has 5 atom stereocenters. The standard InChI is InChI=1S/C20H20FN5O2S/c21-13-7-23-20-24-11-3-1-2-9(4-11)14(27)8-29-15-6-10-5-12(15)17(16(10)18(22)28)25-19(13)26-20/h1-4,7,10,12,15-17H,5-6,8H2,(H2,22,28)(H2,23,24,25,26)/t10-,12+,15+,16-,17+/m0/s1. The molecule has 1 aromatic carbocycles. The number of hydrogen-bond donors (Lipinski definition) is 3. The van der Waals surface area contributed by atoms with Crippen molar-refractivity contribution in [2.75, 3.05) is 16.4 Å². The van der Waals surface area contributed by atoms with E-state index < -0.39 is 5.82 Å². The summed E-state index contributed by atoms with van der Waals surface area (Å²) < 4.78 is 14.5. The Bertz CT molecular complexity index is 1000. The van der Waals surface area contributed by atoms with Gasteiger partial charge in [0.1, 0.15) is 0 Å². The van der Waals surface area contributed by atoms with E-state index in [0.29, 0.717) is 17.0 Å². The quantitative estimate of drug-likeness (QED) is 0.659. The monoisotopic (exact) mass is 413 g/mol. The van der Waals surface area contributed by atoms with Crippen LogP contribution in [-0.2, 0) is 4.79 Å². The van der Waals surface area contributed by atoms with Crippen molar-refractivity contribution in [2.45, 2.75) is 24.1 Å². The number of nitrogens with two attached hydrogens (primary N) is 1. The smallest absolute Gasteiger partial charge is 0.229 e. The molecule has 7 nitrogen and oxygen atoms in total. The van der Waals surface area contributed by atoms with Crippen LogP contribution in [0.2, 0.25) is 0 Å². The van der Waals surface area contributed by atoms with Gasteiger partial charge in [-0.2, -0.15) is 4.98 Å². The molecule has 2 fully saturated rings. The van der Waals surface area contributed by atoms with Gasteiger partial charge in [0.2, 0.25) is 11.9 Å². The van der Waals surface area contributed by atoms with Gasteiger partial charge in [0.15, 0.2) is 17.4 Å². The Hall–Kier alpha value is -2.68. The van der Waals surface area contributed by atoms with Gasteiger partial charge in [-0.1, -0.05) is 12.1 Å². The summed E-state index contributed by atoms with van der Waals surface area (Å²) in [5.74, 6) is -0.396. The third-order valence-corrected chi connectivity index (χ3v) is 7.59. The molecule has 0 saturated heterocycles. The number of fused-ring (bicyclic) bond motifs is 5. The zero-order valence-corrected chi connectivity index (χ0v) is 16.3. The lowest BCUT2D eigenvalue weighted by Gasteiger charge is -2.35. The van der Waals surface area contributed by atoms with Crippen molar-refractivity contribution in [3.8, 4) is 0 Å². The van der Waals surface area contributed by atoms with Gasteiger partial charge in [0, 0.05) is 22.5 Å². The van der Waals surface area contributed by atoms with Crippen LogP contribution in [0.1, 0.15) is 23.2 Å². The van der Waals surface area contributed by atoms with Crippen LogP contribution in [0.25, 0.3) is 0 Å². The zero-order valence-electron chi connectivity index (χ0n) is 15.5. The van der Waals surface area contributed by atoms with Crippen LogP contribution in [0.15, 0.2) is 30.5 Å². The third kappa shape index (κ3) is 3.23. The number of halogens is 1. The van der Waals surface area contributed by atoms with E-state index in [0.717, 1.165) is 19.0 Å². The second-order valence-corrected chi connectivity index (χ2v) is 9.09. The molecule has 2 aromatic rings. The molecule has 6 bridgehead atoms. The lowest BCUT2D eigenvalue weighted by molar-refractivity contribution is -0.123. The first kappa shape index (κ1) is 18.4. The molecule has 3 aliphatic rings. The largest absolute Gasteiger partial charge is 0.369 e. The number of thioether (sulfide) groups is 1. The molecule has 1 aromatic heterocycles. The van der Waals surface area contributed by atoms with Gasteiger partial charge in [0.25, 0.3) is 0 Å². The van der Waals surface area contributed by atoms with E-state index in [1.54, 1.807) is 36.0 Å². The first-order valence-electron chi connectivity index (χ1n) is 9.60. The maximum Gasteiger partial charge on any atom is 0.229 e. The minimum atomic E-state index is -0.582. The van der Waals surface area contributed by atoms with Gasteiger partial charge in [-0.3, -0.25) is 9.59 Å². The normalized spacial score (nSPS) is 30.2. The summed E-state index contributed by atoms with van der Waals surface area (Å²) >= 11 is 1.62. The number of anilines is 3. The van der Waals surface area contributed by atoms with E-state index in [-0.39, 0.29) is 52.5 Å². The maximum atomic E-state index is 14.5. The van der Waals surface area contributed by atoms with Crippen molar-refractivity contribution in [3.05, 3.63) is 41.8 Å². The van der Waals surface area contributed by atoms with Crippen molar-refractivity contribution in [3.63, 3.8) is 0 Å². The lowest BCUT2D eigenvalue weighted by Crippen LogP contribution is -2.46. The molecule has 4 N–H and O–H groups in total. The van der Waals surface area contributed by atoms with E-state index in [2.05, 4.69) is 20.6 Å². The zero-order chi connectivity index (χ0) is 20.1. The maximum absolute atomic E-state index is 14.5. The molecule has 0 radical (unpaired) electrons. The molecule has 1 amide bonds. The number of nitrogens with zero attached hydrogens (tertiary/aromatic N) is 2. The van der Waals surface area contributed by atoms with Gasteiger partial charge in [-0.15, -0.1) is 11.8 Å². The van der Waals surface area contributed by atoms with E-state index in [4.69, 9.17) is 5.73 Å². The lowest BCUT2D eigenvalue weighted by atomic mass is 9.83. The van der Waals surface area contributed by atoms with Gasteiger partial charge in [0.05, 0.1) is 17.9 Å². The van der Waals surface area contributed by atoms with Crippen molar-refractivity contribution < 1.29 is 14.0 Å². The minimum Gasteiger partial charge on any atom is -0.369 e. The molecular formula is C20H20FN5O2S. The number of rotatable bonds is 1. The average molecular weight is 413 g/mol. The molecule has 150 valence electrons. The van der Waals surface area contributed by atoms with Crippen molar-refractivity contribution in [2.24, 2.45) is 23.5 Å². The van der Waals surface area contributed by atoms with Crippen LogP contribution in [0, 0.1) is 23.6 Å². The molecule has 0 unspecified atom stereocenters. The highest BCUT2D eigenvalue weighted by molar-refractivity contribution is 8.00. The van der Waals surface area contributed by atoms with E-state index in [1.807, 2.05) is 0 Å². The molecule has 5 rings (SSSR count). The Kier molecular flexibility index (Phi) is 4.42. The number of benzene rings is 1. The number of ketones is 1. The summed E-state index contributed by atoms with van der Waals surface area (Å²) in [4.78, 5) is 33.1. The molecule has 1 aliphatic heterocycles. The molecule has 29 heavy (non-hydrogen) atoms. The van der Waals surface area contributed by atoms with Crippen LogP contribution >= 0.6 is 11.8 Å². The highest BCUT2D eigenvalue weighted by atomic mass is 32.2. The highest BCUT2D eigenvalue weighted by Gasteiger charge is 2.55. The minimum absolute atomic E-state index is 0.0511. The number of primary amides is 1. The first-order valence-corrected chi connectivity index (χ1v) is 10.6. The van der Waals surface area contributed by atoms with Crippen LogP contribution < -0.4 is 16.4 Å². The number of amides is 1. The number of nitrogens with one attached hydrogen (secondary N) is 2. The molecular weight excluding hydrogens is 393 g/mol. The fourth-order valence-corrected chi connectivity index (χ4v) is 6.39. The second kappa shape index (κ2) is 6.98. The predicted molar refractivity (Wildman–Crippen MR) is 109 cm³/mol. The Labute approximate surface area is 171 Å². The fraction of sp³-hybridized carbons (Fsp3) is 0.400. The second-order valence-electron chi connectivity index (χ2n) is 7.86. The number of Topliss-reactive ketones (excluding diaryl/α,β-unsaturated/α-hetero) is 1. The molecule has 2 aliphatic carbocycles. The third-order valence-electron chi connectivity index (χ3n) is 6.19. The highest BCUT2D eigenvalue weighted by Crippen LogP contribution is 2.53. The van der Waals surface area contributed by atoms with Gasteiger partial charge in [-0.25, -0.2) is 9.37 Å². The van der Waals surface area contributed by atoms with Gasteiger partial charge < -0.3 is 16.4 Å². The SMILES string of the molecule is NC(=O)[C@H]1[C@H]2C[C@H]3[C@H]1Nc1nc(ncc1F)Nc1cccc(c1)C(=O)CS[C@@H]3C2. The molecule has 0 spiro atoms.